The van der Waals surface area contributed by atoms with Gasteiger partial charge in [-0.25, -0.2) is 0 Å². The first-order valence-electron chi connectivity index (χ1n) is 6.67. The van der Waals surface area contributed by atoms with E-state index >= 15 is 0 Å². The second kappa shape index (κ2) is 7.82. The quantitative estimate of drug-likeness (QED) is 0.796. The van der Waals surface area contributed by atoms with E-state index in [0.717, 1.165) is 12.8 Å². The number of hydrogen-bond acceptors (Lipinski definition) is 4. The molecule has 2 rings (SSSR count). The molecule has 0 radical (unpaired) electrons. The lowest BCUT2D eigenvalue weighted by Gasteiger charge is -2.16. The van der Waals surface area contributed by atoms with Gasteiger partial charge in [-0.1, -0.05) is 36.4 Å². The highest BCUT2D eigenvalue weighted by atomic mass is 32.1. The largest absolute Gasteiger partial charge is 0.468 e. The summed E-state index contributed by atoms with van der Waals surface area (Å²) in [5.74, 6) is -0.197. The molecule has 0 fully saturated rings. The molecule has 20 heavy (non-hydrogen) atoms. The molecule has 4 heteroatoms. The molecule has 2 aromatic rings. The third-order valence-electron chi connectivity index (χ3n) is 3.15. The highest BCUT2D eigenvalue weighted by Gasteiger charge is 2.18. The van der Waals surface area contributed by atoms with Gasteiger partial charge in [-0.3, -0.25) is 10.1 Å². The maximum Gasteiger partial charge on any atom is 0.322 e. The number of benzene rings is 1. The zero-order chi connectivity index (χ0) is 14.2. The number of hydrogen-bond donors (Lipinski definition) is 1. The number of carbonyl (C=O) groups excluding carboxylic acids is 1. The Morgan fingerprint density at radius 3 is 2.70 bits per heavy atom. The van der Waals surface area contributed by atoms with Crippen LogP contribution in [0.1, 0.15) is 16.9 Å². The first-order valence-corrected chi connectivity index (χ1v) is 7.55. The van der Waals surface area contributed by atoms with Gasteiger partial charge in [-0.05, 0) is 29.9 Å². The van der Waals surface area contributed by atoms with Crippen LogP contribution in [0.4, 0.5) is 0 Å². The molecular weight excluding hydrogens is 270 g/mol. The van der Waals surface area contributed by atoms with Crippen molar-refractivity contribution in [3.63, 3.8) is 0 Å². The Kier molecular flexibility index (Phi) is 5.77. The van der Waals surface area contributed by atoms with Gasteiger partial charge in [0.1, 0.15) is 6.04 Å². The van der Waals surface area contributed by atoms with Crippen LogP contribution in [0.15, 0.2) is 47.8 Å². The lowest BCUT2D eigenvalue weighted by atomic mass is 10.1. The zero-order valence-electron chi connectivity index (χ0n) is 11.5. The van der Waals surface area contributed by atoms with Gasteiger partial charge in [0.05, 0.1) is 7.11 Å². The molecule has 0 amide bonds. The van der Waals surface area contributed by atoms with E-state index < -0.39 is 0 Å². The van der Waals surface area contributed by atoms with Gasteiger partial charge in [0.2, 0.25) is 0 Å². The summed E-state index contributed by atoms with van der Waals surface area (Å²) >= 11 is 1.68. The molecule has 1 atom stereocenters. The molecule has 0 bridgehead atoms. The minimum atomic E-state index is -0.262. The second-order valence-electron chi connectivity index (χ2n) is 4.56. The van der Waals surface area contributed by atoms with Gasteiger partial charge in [0.25, 0.3) is 0 Å². The number of carbonyl (C=O) groups is 1. The summed E-state index contributed by atoms with van der Waals surface area (Å²) in [5.41, 5.74) is 1.24. The molecule has 1 unspecified atom stereocenters. The van der Waals surface area contributed by atoms with E-state index in [-0.39, 0.29) is 12.0 Å². The average molecular weight is 289 g/mol. The van der Waals surface area contributed by atoms with Crippen molar-refractivity contribution in [2.45, 2.75) is 25.4 Å². The third kappa shape index (κ3) is 4.47. The van der Waals surface area contributed by atoms with Crippen molar-refractivity contribution in [3.8, 4) is 0 Å². The Balaban J connectivity index is 1.88. The molecule has 0 spiro atoms. The Labute approximate surface area is 123 Å². The SMILES string of the molecule is COC(=O)C(CCc1ccccc1)NCc1cccs1. The summed E-state index contributed by atoms with van der Waals surface area (Å²) in [6.07, 6.45) is 1.60. The van der Waals surface area contributed by atoms with Crippen LogP contribution < -0.4 is 5.32 Å². The van der Waals surface area contributed by atoms with Gasteiger partial charge in [-0.2, -0.15) is 0 Å². The molecule has 0 aliphatic carbocycles. The van der Waals surface area contributed by atoms with Crippen LogP contribution in [-0.2, 0) is 22.5 Å². The van der Waals surface area contributed by atoms with Crippen molar-refractivity contribution in [1.29, 1.82) is 0 Å². The van der Waals surface area contributed by atoms with E-state index in [1.807, 2.05) is 29.6 Å². The summed E-state index contributed by atoms with van der Waals surface area (Å²) in [4.78, 5) is 13.0. The number of methoxy groups -OCH3 is 1. The van der Waals surface area contributed by atoms with Crippen LogP contribution in [0.3, 0.4) is 0 Å². The monoisotopic (exact) mass is 289 g/mol. The number of nitrogens with one attached hydrogen (secondary N) is 1. The van der Waals surface area contributed by atoms with E-state index in [4.69, 9.17) is 4.74 Å². The van der Waals surface area contributed by atoms with Crippen LogP contribution in [0, 0.1) is 0 Å². The molecule has 106 valence electrons. The van der Waals surface area contributed by atoms with E-state index in [0.29, 0.717) is 6.54 Å². The first kappa shape index (κ1) is 14.8. The standard InChI is InChI=1S/C16H19NO2S/c1-19-16(18)15(17-12-14-8-5-11-20-14)10-9-13-6-3-2-4-7-13/h2-8,11,15,17H,9-10,12H2,1H3. The van der Waals surface area contributed by atoms with E-state index in [1.54, 1.807) is 11.3 Å². The summed E-state index contributed by atoms with van der Waals surface area (Å²) in [6, 6.07) is 14.0. The van der Waals surface area contributed by atoms with Crippen LogP contribution in [0.25, 0.3) is 0 Å². The fourth-order valence-electron chi connectivity index (χ4n) is 2.04. The first-order chi connectivity index (χ1) is 9.79. The fraction of sp³-hybridized carbons (Fsp3) is 0.312. The molecule has 0 saturated carbocycles. The fourth-order valence-corrected chi connectivity index (χ4v) is 2.69. The van der Waals surface area contributed by atoms with Gasteiger partial charge >= 0.3 is 5.97 Å². The number of ether oxygens (including phenoxy) is 1. The van der Waals surface area contributed by atoms with Crippen molar-refractivity contribution >= 4 is 17.3 Å². The topological polar surface area (TPSA) is 38.3 Å². The van der Waals surface area contributed by atoms with Crippen molar-refractivity contribution < 1.29 is 9.53 Å². The van der Waals surface area contributed by atoms with Crippen molar-refractivity contribution in [3.05, 3.63) is 58.3 Å². The molecule has 1 heterocycles. The predicted octanol–water partition coefficient (Wildman–Crippen LogP) is 3.01. The lowest BCUT2D eigenvalue weighted by molar-refractivity contribution is -0.143. The highest BCUT2D eigenvalue weighted by molar-refractivity contribution is 7.09. The summed E-state index contributed by atoms with van der Waals surface area (Å²) in [6.45, 7) is 0.701. The molecule has 1 N–H and O–H groups in total. The van der Waals surface area contributed by atoms with Gasteiger partial charge in [-0.15, -0.1) is 11.3 Å². The van der Waals surface area contributed by atoms with E-state index in [2.05, 4.69) is 23.5 Å². The van der Waals surface area contributed by atoms with Crippen molar-refractivity contribution in [2.75, 3.05) is 7.11 Å². The van der Waals surface area contributed by atoms with Gasteiger partial charge in [0, 0.05) is 11.4 Å². The molecule has 0 saturated heterocycles. The predicted molar refractivity (Wildman–Crippen MR) is 81.7 cm³/mol. The number of aryl methyl sites for hydroxylation is 1. The molecule has 1 aromatic heterocycles. The van der Waals surface area contributed by atoms with Crippen LogP contribution in [-0.4, -0.2) is 19.1 Å². The Morgan fingerprint density at radius 1 is 1.25 bits per heavy atom. The molecular formula is C16H19NO2S. The summed E-state index contributed by atoms with van der Waals surface area (Å²) in [5, 5.41) is 5.31. The molecule has 0 aliphatic rings. The van der Waals surface area contributed by atoms with Gasteiger partial charge < -0.3 is 4.74 Å². The smallest absolute Gasteiger partial charge is 0.322 e. The van der Waals surface area contributed by atoms with Gasteiger partial charge in [0.15, 0.2) is 0 Å². The number of rotatable bonds is 7. The van der Waals surface area contributed by atoms with Crippen molar-refractivity contribution in [2.24, 2.45) is 0 Å². The molecule has 1 aromatic carbocycles. The lowest BCUT2D eigenvalue weighted by Crippen LogP contribution is -2.37. The second-order valence-corrected chi connectivity index (χ2v) is 5.59. The maximum absolute atomic E-state index is 11.8. The number of esters is 1. The van der Waals surface area contributed by atoms with E-state index in [1.165, 1.54) is 17.6 Å². The Morgan fingerprint density at radius 2 is 2.05 bits per heavy atom. The van der Waals surface area contributed by atoms with Crippen LogP contribution >= 0.6 is 11.3 Å². The molecule has 3 nitrogen and oxygen atoms in total. The third-order valence-corrected chi connectivity index (χ3v) is 4.03. The molecule has 0 aliphatic heterocycles. The van der Waals surface area contributed by atoms with Crippen LogP contribution in [0.2, 0.25) is 0 Å². The van der Waals surface area contributed by atoms with E-state index in [9.17, 15) is 4.79 Å². The minimum absolute atomic E-state index is 0.197. The zero-order valence-corrected chi connectivity index (χ0v) is 12.4. The normalized spacial score (nSPS) is 12.1. The maximum atomic E-state index is 11.8. The highest BCUT2D eigenvalue weighted by Crippen LogP contribution is 2.10. The number of thiophene rings is 1. The summed E-state index contributed by atoms with van der Waals surface area (Å²) in [7, 11) is 1.44. The Hall–Kier alpha value is -1.65. The summed E-state index contributed by atoms with van der Waals surface area (Å²) < 4.78 is 4.87. The minimum Gasteiger partial charge on any atom is -0.468 e. The Bertz CT molecular complexity index is 511. The average Bonchev–Trinajstić information content (AvgIpc) is 3.01. The van der Waals surface area contributed by atoms with Crippen LogP contribution in [0.5, 0.6) is 0 Å². The van der Waals surface area contributed by atoms with Crippen molar-refractivity contribution in [1.82, 2.24) is 5.32 Å².